The zero-order valence-electron chi connectivity index (χ0n) is 13.0. The van der Waals surface area contributed by atoms with E-state index in [9.17, 15) is 0 Å². The van der Waals surface area contributed by atoms with Crippen LogP contribution in [0.4, 0.5) is 5.95 Å². The molecule has 0 fully saturated rings. The number of aliphatic hydroxyl groups excluding tert-OH is 1. The summed E-state index contributed by atoms with van der Waals surface area (Å²) in [4.78, 5) is 10.9. The van der Waals surface area contributed by atoms with Crippen molar-refractivity contribution in [2.75, 3.05) is 31.6 Å². The number of aliphatic hydroxyl groups is 1. The van der Waals surface area contributed by atoms with Crippen LogP contribution in [0.15, 0.2) is 12.4 Å². The molecule has 0 unspecified atom stereocenters. The molecule has 0 saturated heterocycles. The van der Waals surface area contributed by atoms with E-state index in [0.29, 0.717) is 5.92 Å². The van der Waals surface area contributed by atoms with Gasteiger partial charge in [0.25, 0.3) is 0 Å². The van der Waals surface area contributed by atoms with Gasteiger partial charge in [-0.05, 0) is 31.7 Å². The van der Waals surface area contributed by atoms with Crippen LogP contribution in [0.1, 0.15) is 38.7 Å². The average molecular weight is 280 g/mol. The first kappa shape index (κ1) is 16.9. The number of nitrogens with one attached hydrogen (secondary N) is 1. The van der Waals surface area contributed by atoms with Gasteiger partial charge in [0.15, 0.2) is 0 Å². The van der Waals surface area contributed by atoms with Crippen LogP contribution in [-0.2, 0) is 6.54 Å². The van der Waals surface area contributed by atoms with Gasteiger partial charge in [-0.15, -0.1) is 0 Å². The second-order valence-electron chi connectivity index (χ2n) is 5.62. The lowest BCUT2D eigenvalue weighted by molar-refractivity contribution is 0.283. The Labute approximate surface area is 122 Å². The van der Waals surface area contributed by atoms with Crippen LogP contribution in [0.25, 0.3) is 0 Å². The van der Waals surface area contributed by atoms with Crippen molar-refractivity contribution in [3.8, 4) is 0 Å². The summed E-state index contributed by atoms with van der Waals surface area (Å²) in [5, 5.41) is 12.1. The lowest BCUT2D eigenvalue weighted by Gasteiger charge is -2.16. The molecule has 0 spiro atoms. The molecule has 0 radical (unpaired) electrons. The third-order valence-electron chi connectivity index (χ3n) is 3.07. The maximum Gasteiger partial charge on any atom is 0.224 e. The number of unbranched alkanes of at least 4 members (excludes halogenated alkanes) is 2. The summed E-state index contributed by atoms with van der Waals surface area (Å²) in [6, 6.07) is 0. The molecule has 0 aliphatic heterocycles. The van der Waals surface area contributed by atoms with Gasteiger partial charge in [0, 0.05) is 44.7 Å². The van der Waals surface area contributed by atoms with Crippen molar-refractivity contribution >= 4 is 5.95 Å². The van der Waals surface area contributed by atoms with E-state index >= 15 is 0 Å². The lowest BCUT2D eigenvalue weighted by atomic mass is 10.2. The summed E-state index contributed by atoms with van der Waals surface area (Å²) in [5.41, 5.74) is 1.11. The zero-order chi connectivity index (χ0) is 14.8. The molecule has 114 valence electrons. The molecule has 20 heavy (non-hydrogen) atoms. The molecule has 0 atom stereocenters. The van der Waals surface area contributed by atoms with Gasteiger partial charge in [0.05, 0.1) is 0 Å². The molecule has 0 saturated carbocycles. The number of rotatable bonds is 10. The van der Waals surface area contributed by atoms with E-state index in [1.165, 1.54) is 0 Å². The summed E-state index contributed by atoms with van der Waals surface area (Å²) in [7, 11) is 2.00. The van der Waals surface area contributed by atoms with Gasteiger partial charge in [-0.3, -0.25) is 0 Å². The smallest absolute Gasteiger partial charge is 0.224 e. The van der Waals surface area contributed by atoms with Gasteiger partial charge >= 0.3 is 0 Å². The minimum absolute atomic E-state index is 0.276. The topological polar surface area (TPSA) is 61.3 Å². The van der Waals surface area contributed by atoms with Crippen molar-refractivity contribution in [2.45, 2.75) is 39.7 Å². The fraction of sp³-hybridized carbons (Fsp3) is 0.733. The average Bonchev–Trinajstić information content (AvgIpc) is 2.44. The summed E-state index contributed by atoms with van der Waals surface area (Å²) in [6.45, 7) is 7.41. The predicted molar refractivity (Wildman–Crippen MR) is 82.8 cm³/mol. The normalized spacial score (nSPS) is 11.1. The number of nitrogens with zero attached hydrogens (tertiary/aromatic N) is 3. The Morgan fingerprint density at radius 2 is 1.90 bits per heavy atom. The molecule has 0 aliphatic carbocycles. The highest BCUT2D eigenvalue weighted by Crippen LogP contribution is 2.07. The number of anilines is 1. The van der Waals surface area contributed by atoms with Gasteiger partial charge in [0.2, 0.25) is 5.95 Å². The molecule has 1 aromatic heterocycles. The van der Waals surface area contributed by atoms with Crippen LogP contribution in [0.3, 0.4) is 0 Å². The van der Waals surface area contributed by atoms with Gasteiger partial charge < -0.3 is 15.3 Å². The largest absolute Gasteiger partial charge is 0.396 e. The summed E-state index contributed by atoms with van der Waals surface area (Å²) < 4.78 is 0. The van der Waals surface area contributed by atoms with Crippen molar-refractivity contribution in [2.24, 2.45) is 5.92 Å². The Balaban J connectivity index is 2.33. The summed E-state index contributed by atoms with van der Waals surface area (Å²) in [6.07, 6.45) is 6.74. The molecule has 1 aromatic rings. The first-order valence-corrected chi connectivity index (χ1v) is 7.47. The summed E-state index contributed by atoms with van der Waals surface area (Å²) in [5.74, 6) is 1.42. The van der Waals surface area contributed by atoms with Crippen LogP contribution >= 0.6 is 0 Å². The van der Waals surface area contributed by atoms with Gasteiger partial charge in [-0.2, -0.15) is 0 Å². The molecule has 5 heteroatoms. The highest BCUT2D eigenvalue weighted by Gasteiger charge is 2.04. The van der Waals surface area contributed by atoms with Crippen molar-refractivity contribution in [1.29, 1.82) is 0 Å². The van der Waals surface area contributed by atoms with E-state index in [0.717, 1.165) is 50.4 Å². The van der Waals surface area contributed by atoms with Crippen molar-refractivity contribution in [3.05, 3.63) is 18.0 Å². The molecular formula is C15H28N4O. The maximum atomic E-state index is 8.74. The van der Waals surface area contributed by atoms with E-state index in [1.54, 1.807) is 0 Å². The lowest BCUT2D eigenvalue weighted by Crippen LogP contribution is -2.22. The van der Waals surface area contributed by atoms with Crippen LogP contribution in [0, 0.1) is 5.92 Å². The second kappa shape index (κ2) is 9.66. The monoisotopic (exact) mass is 280 g/mol. The number of hydrogen-bond acceptors (Lipinski definition) is 5. The van der Waals surface area contributed by atoms with Gasteiger partial charge in [0.1, 0.15) is 0 Å². The summed E-state index contributed by atoms with van der Waals surface area (Å²) >= 11 is 0. The van der Waals surface area contributed by atoms with Crippen molar-refractivity contribution in [1.82, 2.24) is 15.3 Å². The number of hydrogen-bond donors (Lipinski definition) is 2. The third-order valence-corrected chi connectivity index (χ3v) is 3.07. The molecular weight excluding hydrogens is 252 g/mol. The third kappa shape index (κ3) is 6.82. The van der Waals surface area contributed by atoms with Crippen molar-refractivity contribution in [3.63, 3.8) is 0 Å². The van der Waals surface area contributed by atoms with E-state index in [1.807, 2.05) is 19.4 Å². The van der Waals surface area contributed by atoms with E-state index < -0.39 is 0 Å². The molecule has 2 N–H and O–H groups in total. The first-order valence-electron chi connectivity index (χ1n) is 7.47. The fourth-order valence-electron chi connectivity index (χ4n) is 1.88. The molecule has 0 amide bonds. The van der Waals surface area contributed by atoms with Crippen LogP contribution < -0.4 is 10.2 Å². The quantitative estimate of drug-likeness (QED) is 0.640. The maximum absolute atomic E-state index is 8.74. The molecule has 0 aliphatic rings. The number of aromatic nitrogens is 2. The zero-order valence-corrected chi connectivity index (χ0v) is 13.0. The molecule has 0 aromatic carbocycles. The Bertz CT molecular complexity index is 353. The SMILES string of the molecule is CC(C)CNCc1cnc(N(C)CCCCCO)nc1. The Hall–Kier alpha value is -1.20. The van der Waals surface area contributed by atoms with E-state index in [-0.39, 0.29) is 6.61 Å². The van der Waals surface area contributed by atoms with Crippen molar-refractivity contribution < 1.29 is 5.11 Å². The van der Waals surface area contributed by atoms with E-state index in [4.69, 9.17) is 5.11 Å². The minimum Gasteiger partial charge on any atom is -0.396 e. The second-order valence-corrected chi connectivity index (χ2v) is 5.62. The van der Waals surface area contributed by atoms with Crippen LogP contribution in [0.2, 0.25) is 0 Å². The fourth-order valence-corrected chi connectivity index (χ4v) is 1.88. The molecule has 1 rings (SSSR count). The Kier molecular flexibility index (Phi) is 8.14. The van der Waals surface area contributed by atoms with Gasteiger partial charge in [-0.25, -0.2) is 9.97 Å². The Morgan fingerprint density at radius 1 is 1.20 bits per heavy atom. The molecule has 0 bridgehead atoms. The van der Waals surface area contributed by atoms with Gasteiger partial charge in [-0.1, -0.05) is 13.8 Å². The highest BCUT2D eigenvalue weighted by atomic mass is 16.2. The minimum atomic E-state index is 0.276. The van der Waals surface area contributed by atoms with Crippen LogP contribution in [0.5, 0.6) is 0 Å². The molecule has 5 nitrogen and oxygen atoms in total. The Morgan fingerprint density at radius 3 is 2.50 bits per heavy atom. The van der Waals surface area contributed by atoms with E-state index in [2.05, 4.69) is 34.0 Å². The molecule has 1 heterocycles. The standard InChI is InChI=1S/C15H28N4O/c1-13(2)9-16-10-14-11-17-15(18-12-14)19(3)7-5-4-6-8-20/h11-13,16,20H,4-10H2,1-3H3. The van der Waals surface area contributed by atoms with Crippen LogP contribution in [-0.4, -0.2) is 41.8 Å². The first-order chi connectivity index (χ1) is 9.63. The highest BCUT2D eigenvalue weighted by molar-refractivity contribution is 5.28. The predicted octanol–water partition coefficient (Wildman–Crippen LogP) is 1.82.